The minimum absolute atomic E-state index is 0.760. The van der Waals surface area contributed by atoms with Crippen molar-refractivity contribution in [2.75, 3.05) is 13.1 Å². The lowest BCUT2D eigenvalue weighted by Gasteiger charge is -2.21. The Morgan fingerprint density at radius 3 is 2.50 bits per heavy atom. The molecule has 0 bridgehead atoms. The Kier molecular flexibility index (Phi) is 5.39. The third kappa shape index (κ3) is 4.26. The lowest BCUT2D eigenvalue weighted by atomic mass is 10.2. The molecule has 2 nitrogen and oxygen atoms in total. The number of nitrogens with two attached hydrogens (primary N) is 1. The largest absolute Gasteiger partial charge is 0.330 e. The molecular weight excluding hydrogens is 240 g/mol. The summed E-state index contributed by atoms with van der Waals surface area (Å²) in [6, 6.07) is 14.9. The number of thiophene rings is 1. The highest BCUT2D eigenvalue weighted by Crippen LogP contribution is 2.14. The van der Waals surface area contributed by atoms with Gasteiger partial charge in [-0.1, -0.05) is 36.4 Å². The average Bonchev–Trinajstić information content (AvgIpc) is 2.90. The second kappa shape index (κ2) is 7.31. The van der Waals surface area contributed by atoms with E-state index in [0.717, 1.165) is 32.6 Å². The summed E-state index contributed by atoms with van der Waals surface area (Å²) in [5.74, 6) is 0. The lowest BCUT2D eigenvalue weighted by Crippen LogP contribution is -2.25. The van der Waals surface area contributed by atoms with Crippen LogP contribution in [0.4, 0.5) is 0 Å². The molecule has 1 aromatic carbocycles. The van der Waals surface area contributed by atoms with Gasteiger partial charge in [-0.05, 0) is 30.0 Å². The Hall–Kier alpha value is -1.16. The van der Waals surface area contributed by atoms with Crippen LogP contribution in [0.5, 0.6) is 0 Å². The Balaban J connectivity index is 1.96. The van der Waals surface area contributed by atoms with E-state index in [-0.39, 0.29) is 0 Å². The Morgan fingerprint density at radius 1 is 1.00 bits per heavy atom. The number of rotatable bonds is 7. The van der Waals surface area contributed by atoms with Crippen molar-refractivity contribution in [3.8, 4) is 0 Å². The van der Waals surface area contributed by atoms with E-state index < -0.39 is 0 Å². The third-order valence-electron chi connectivity index (χ3n) is 2.89. The summed E-state index contributed by atoms with van der Waals surface area (Å²) >= 11 is 1.82. The quantitative estimate of drug-likeness (QED) is 0.829. The first-order valence-corrected chi connectivity index (χ1v) is 7.25. The van der Waals surface area contributed by atoms with Crippen molar-refractivity contribution in [1.82, 2.24) is 4.90 Å². The van der Waals surface area contributed by atoms with Crippen molar-refractivity contribution in [3.63, 3.8) is 0 Å². The van der Waals surface area contributed by atoms with Crippen LogP contribution >= 0.6 is 11.3 Å². The van der Waals surface area contributed by atoms with Gasteiger partial charge in [0, 0.05) is 24.5 Å². The summed E-state index contributed by atoms with van der Waals surface area (Å²) in [5.41, 5.74) is 6.99. The molecule has 2 aromatic rings. The summed E-state index contributed by atoms with van der Waals surface area (Å²) < 4.78 is 0. The van der Waals surface area contributed by atoms with Crippen LogP contribution in [0.1, 0.15) is 16.9 Å². The van der Waals surface area contributed by atoms with Gasteiger partial charge in [-0.25, -0.2) is 0 Å². The summed E-state index contributed by atoms with van der Waals surface area (Å²) in [5, 5.41) is 2.14. The van der Waals surface area contributed by atoms with Gasteiger partial charge in [-0.2, -0.15) is 0 Å². The number of hydrogen-bond acceptors (Lipinski definition) is 3. The smallest absolute Gasteiger partial charge is 0.0331 e. The predicted molar refractivity (Wildman–Crippen MR) is 78.5 cm³/mol. The van der Waals surface area contributed by atoms with Crippen LogP contribution < -0.4 is 5.73 Å². The second-order valence-electron chi connectivity index (χ2n) is 4.42. The molecule has 1 aromatic heterocycles. The van der Waals surface area contributed by atoms with Crippen LogP contribution in [-0.4, -0.2) is 18.0 Å². The maximum atomic E-state index is 5.62. The van der Waals surface area contributed by atoms with E-state index in [1.807, 2.05) is 11.3 Å². The van der Waals surface area contributed by atoms with Crippen molar-refractivity contribution < 1.29 is 0 Å². The van der Waals surface area contributed by atoms with Crippen LogP contribution in [0.2, 0.25) is 0 Å². The maximum Gasteiger partial charge on any atom is 0.0331 e. The van der Waals surface area contributed by atoms with Crippen LogP contribution in [-0.2, 0) is 13.1 Å². The van der Waals surface area contributed by atoms with E-state index in [4.69, 9.17) is 5.73 Å². The van der Waals surface area contributed by atoms with Crippen LogP contribution in [0.25, 0.3) is 0 Å². The molecule has 0 saturated carbocycles. The SMILES string of the molecule is NCCCN(Cc1ccccc1)Cc1cccs1. The molecule has 2 rings (SSSR count). The molecular formula is C15H20N2S. The first-order valence-electron chi connectivity index (χ1n) is 6.37. The zero-order valence-corrected chi connectivity index (χ0v) is 11.4. The Labute approximate surface area is 113 Å². The fourth-order valence-corrected chi connectivity index (χ4v) is 2.74. The van der Waals surface area contributed by atoms with Gasteiger partial charge in [0.25, 0.3) is 0 Å². The van der Waals surface area contributed by atoms with Gasteiger partial charge in [0.1, 0.15) is 0 Å². The van der Waals surface area contributed by atoms with Crippen molar-refractivity contribution in [2.45, 2.75) is 19.5 Å². The number of hydrogen-bond donors (Lipinski definition) is 1. The first kappa shape index (κ1) is 13.3. The summed E-state index contributed by atoms with van der Waals surface area (Å²) in [6.07, 6.45) is 1.05. The molecule has 2 N–H and O–H groups in total. The molecule has 0 atom stereocenters. The number of nitrogens with zero attached hydrogens (tertiary/aromatic N) is 1. The van der Waals surface area contributed by atoms with Crippen molar-refractivity contribution >= 4 is 11.3 Å². The normalized spacial score (nSPS) is 11.0. The fourth-order valence-electron chi connectivity index (χ4n) is 1.99. The van der Waals surface area contributed by atoms with Gasteiger partial charge in [-0.15, -0.1) is 11.3 Å². The molecule has 0 spiro atoms. The fraction of sp³-hybridized carbons (Fsp3) is 0.333. The second-order valence-corrected chi connectivity index (χ2v) is 5.45. The van der Waals surface area contributed by atoms with Gasteiger partial charge < -0.3 is 5.73 Å². The van der Waals surface area contributed by atoms with Gasteiger partial charge in [0.2, 0.25) is 0 Å². The Morgan fingerprint density at radius 2 is 1.83 bits per heavy atom. The number of benzene rings is 1. The molecule has 0 aliphatic rings. The monoisotopic (exact) mass is 260 g/mol. The van der Waals surface area contributed by atoms with E-state index in [0.29, 0.717) is 0 Å². The van der Waals surface area contributed by atoms with Gasteiger partial charge >= 0.3 is 0 Å². The van der Waals surface area contributed by atoms with E-state index in [9.17, 15) is 0 Å². The standard InChI is InChI=1S/C15H20N2S/c16-9-5-10-17(13-15-8-4-11-18-15)12-14-6-2-1-3-7-14/h1-4,6-8,11H,5,9-10,12-13,16H2. The predicted octanol–water partition coefficient (Wildman–Crippen LogP) is 3.10. The van der Waals surface area contributed by atoms with Crippen molar-refractivity contribution in [3.05, 3.63) is 58.3 Å². The molecule has 0 aliphatic carbocycles. The average molecular weight is 260 g/mol. The van der Waals surface area contributed by atoms with Crippen molar-refractivity contribution in [1.29, 1.82) is 0 Å². The minimum atomic E-state index is 0.760. The molecule has 96 valence electrons. The summed E-state index contributed by atoms with van der Waals surface area (Å²) in [4.78, 5) is 3.89. The van der Waals surface area contributed by atoms with Gasteiger partial charge in [0.15, 0.2) is 0 Å². The molecule has 18 heavy (non-hydrogen) atoms. The molecule has 3 heteroatoms. The molecule has 0 aliphatic heterocycles. The molecule has 0 unspecified atom stereocenters. The minimum Gasteiger partial charge on any atom is -0.330 e. The summed E-state index contributed by atoms with van der Waals surface area (Å²) in [6.45, 7) is 3.84. The van der Waals surface area contributed by atoms with Crippen molar-refractivity contribution in [2.24, 2.45) is 5.73 Å². The van der Waals surface area contributed by atoms with E-state index in [1.54, 1.807) is 0 Å². The highest BCUT2D eigenvalue weighted by molar-refractivity contribution is 7.09. The van der Waals surface area contributed by atoms with E-state index in [2.05, 4.69) is 52.7 Å². The first-order chi connectivity index (χ1) is 8.88. The molecule has 0 radical (unpaired) electrons. The zero-order chi connectivity index (χ0) is 12.6. The molecule has 0 saturated heterocycles. The van der Waals surface area contributed by atoms with Crippen LogP contribution in [0.3, 0.4) is 0 Å². The zero-order valence-electron chi connectivity index (χ0n) is 10.6. The maximum absolute atomic E-state index is 5.62. The molecule has 1 heterocycles. The van der Waals surface area contributed by atoms with E-state index in [1.165, 1.54) is 10.4 Å². The highest BCUT2D eigenvalue weighted by Gasteiger charge is 2.07. The van der Waals surface area contributed by atoms with Crippen LogP contribution in [0.15, 0.2) is 47.8 Å². The lowest BCUT2D eigenvalue weighted by molar-refractivity contribution is 0.257. The molecule has 0 amide bonds. The van der Waals surface area contributed by atoms with E-state index >= 15 is 0 Å². The summed E-state index contributed by atoms with van der Waals surface area (Å²) in [7, 11) is 0. The topological polar surface area (TPSA) is 29.3 Å². The Bertz CT molecular complexity index is 425. The third-order valence-corrected chi connectivity index (χ3v) is 3.75. The highest BCUT2D eigenvalue weighted by atomic mass is 32.1. The van der Waals surface area contributed by atoms with Gasteiger partial charge in [-0.3, -0.25) is 4.90 Å². The van der Waals surface area contributed by atoms with Gasteiger partial charge in [0.05, 0.1) is 0 Å². The van der Waals surface area contributed by atoms with Crippen LogP contribution in [0, 0.1) is 0 Å². The molecule has 0 fully saturated rings.